The fourth-order valence-electron chi connectivity index (χ4n) is 2.92. The van der Waals surface area contributed by atoms with Gasteiger partial charge in [0, 0.05) is 0 Å². The second kappa shape index (κ2) is 10.1. The van der Waals surface area contributed by atoms with Gasteiger partial charge in [-0.25, -0.2) is 0 Å². The van der Waals surface area contributed by atoms with Gasteiger partial charge in [-0.15, -0.1) is 0 Å². The maximum Gasteiger partial charge on any atom is 0.313 e. The van der Waals surface area contributed by atoms with E-state index in [2.05, 4.69) is 5.32 Å². The molecule has 3 aromatic carbocycles. The first-order chi connectivity index (χ1) is 14.2. The fraction of sp³-hybridized carbons (Fsp3) is 0.167. The lowest BCUT2D eigenvalue weighted by molar-refractivity contribution is -0.149. The smallest absolute Gasteiger partial charge is 0.313 e. The predicted octanol–water partition coefficient (Wildman–Crippen LogP) is 5.15. The minimum absolute atomic E-state index is 0.359. The van der Waals surface area contributed by atoms with Crippen molar-refractivity contribution in [2.75, 3.05) is 11.9 Å². The van der Waals surface area contributed by atoms with Crippen LogP contribution in [0, 0.1) is 0 Å². The number of para-hydroxylation sites is 3. The highest BCUT2D eigenvalue weighted by molar-refractivity contribution is 5.94. The van der Waals surface area contributed by atoms with Crippen LogP contribution in [-0.4, -0.2) is 18.5 Å². The van der Waals surface area contributed by atoms with Crippen molar-refractivity contribution in [3.05, 3.63) is 90.5 Å². The molecule has 0 aromatic heterocycles. The summed E-state index contributed by atoms with van der Waals surface area (Å²) in [5.41, 5.74) is 1.38. The summed E-state index contributed by atoms with van der Waals surface area (Å²) in [5, 5.41) is 2.74. The third-order valence-electron chi connectivity index (χ3n) is 4.37. The minimum Gasteiger partial charge on any atom is -0.455 e. The molecule has 0 aliphatic carbocycles. The first kappa shape index (κ1) is 20.1. The van der Waals surface area contributed by atoms with Crippen LogP contribution in [-0.2, 0) is 14.3 Å². The van der Waals surface area contributed by atoms with Gasteiger partial charge in [-0.3, -0.25) is 9.59 Å². The number of esters is 1. The molecule has 3 rings (SSSR count). The minimum atomic E-state index is -0.426. The molecule has 0 saturated heterocycles. The van der Waals surface area contributed by atoms with E-state index in [0.29, 0.717) is 23.6 Å². The zero-order valence-electron chi connectivity index (χ0n) is 16.2. The summed E-state index contributed by atoms with van der Waals surface area (Å²) in [4.78, 5) is 24.7. The molecule has 148 valence electrons. The number of anilines is 1. The number of amides is 1. The Morgan fingerprint density at radius 3 is 2.17 bits per heavy atom. The topological polar surface area (TPSA) is 64.6 Å². The summed E-state index contributed by atoms with van der Waals surface area (Å²) in [6.07, 6.45) is 0.595. The molecule has 0 saturated carbocycles. The summed E-state index contributed by atoms with van der Waals surface area (Å²) < 4.78 is 11.1. The first-order valence-electron chi connectivity index (χ1n) is 9.50. The Bertz CT molecular complexity index is 941. The van der Waals surface area contributed by atoms with Gasteiger partial charge in [-0.05, 0) is 36.2 Å². The largest absolute Gasteiger partial charge is 0.455 e. The molecule has 5 nitrogen and oxygen atoms in total. The lowest BCUT2D eigenvalue weighted by Crippen LogP contribution is -2.24. The zero-order chi connectivity index (χ0) is 20.5. The van der Waals surface area contributed by atoms with Crippen molar-refractivity contribution in [3.63, 3.8) is 0 Å². The van der Waals surface area contributed by atoms with Crippen molar-refractivity contribution in [1.29, 1.82) is 0 Å². The molecule has 1 amide bonds. The molecule has 0 aliphatic heterocycles. The first-order valence-corrected chi connectivity index (χ1v) is 9.50. The second-order valence-electron chi connectivity index (χ2n) is 6.44. The highest BCUT2D eigenvalue weighted by Crippen LogP contribution is 2.29. The van der Waals surface area contributed by atoms with Gasteiger partial charge >= 0.3 is 5.97 Å². The van der Waals surface area contributed by atoms with Crippen LogP contribution in [0.1, 0.15) is 24.8 Å². The number of nitrogens with one attached hydrogen (secondary N) is 1. The second-order valence-corrected chi connectivity index (χ2v) is 6.44. The average Bonchev–Trinajstić information content (AvgIpc) is 2.76. The molecule has 0 bridgehead atoms. The quantitative estimate of drug-likeness (QED) is 0.541. The van der Waals surface area contributed by atoms with Gasteiger partial charge in [0.15, 0.2) is 12.4 Å². The Morgan fingerprint density at radius 2 is 1.48 bits per heavy atom. The van der Waals surface area contributed by atoms with Gasteiger partial charge in [-0.1, -0.05) is 67.6 Å². The van der Waals surface area contributed by atoms with Crippen LogP contribution >= 0.6 is 0 Å². The molecule has 3 aromatic rings. The molecular weight excluding hydrogens is 366 g/mol. The van der Waals surface area contributed by atoms with Gasteiger partial charge in [0.05, 0.1) is 11.6 Å². The van der Waals surface area contributed by atoms with Crippen molar-refractivity contribution < 1.29 is 19.1 Å². The van der Waals surface area contributed by atoms with Crippen LogP contribution in [0.3, 0.4) is 0 Å². The van der Waals surface area contributed by atoms with Gasteiger partial charge in [-0.2, -0.15) is 0 Å². The normalized spacial score (nSPS) is 11.3. The van der Waals surface area contributed by atoms with Gasteiger partial charge < -0.3 is 14.8 Å². The Balaban J connectivity index is 1.59. The monoisotopic (exact) mass is 389 g/mol. The highest BCUT2D eigenvalue weighted by atomic mass is 16.5. The van der Waals surface area contributed by atoms with Crippen molar-refractivity contribution in [3.8, 4) is 11.5 Å². The Labute approximate surface area is 170 Å². The molecule has 1 atom stereocenters. The molecule has 5 heteroatoms. The van der Waals surface area contributed by atoms with E-state index in [1.165, 1.54) is 0 Å². The van der Waals surface area contributed by atoms with Crippen LogP contribution in [0.4, 0.5) is 5.69 Å². The van der Waals surface area contributed by atoms with E-state index in [-0.39, 0.29) is 6.61 Å². The van der Waals surface area contributed by atoms with E-state index in [0.717, 1.165) is 5.56 Å². The molecule has 0 radical (unpaired) electrons. The molecule has 29 heavy (non-hydrogen) atoms. The summed E-state index contributed by atoms with van der Waals surface area (Å²) in [5.74, 6) is -0.0610. The van der Waals surface area contributed by atoms with Crippen molar-refractivity contribution in [1.82, 2.24) is 0 Å². The number of hydrogen-bond acceptors (Lipinski definition) is 4. The van der Waals surface area contributed by atoms with Crippen LogP contribution in [0.15, 0.2) is 84.9 Å². The standard InChI is InChI=1S/C24H23NO4/c1-2-20(18-11-5-3-6-12-18)24(27)28-17-23(26)25-21-15-9-10-16-22(21)29-19-13-7-4-8-14-19/h3-16,20H,2,17H2,1H3,(H,25,26)/t20-/m1/s1. The third-order valence-corrected chi connectivity index (χ3v) is 4.37. The van der Waals surface area contributed by atoms with Crippen LogP contribution < -0.4 is 10.1 Å². The van der Waals surface area contributed by atoms with E-state index in [9.17, 15) is 9.59 Å². The van der Waals surface area contributed by atoms with Crippen molar-refractivity contribution in [2.45, 2.75) is 19.3 Å². The van der Waals surface area contributed by atoms with E-state index in [1.54, 1.807) is 18.2 Å². The number of ether oxygens (including phenoxy) is 2. The molecule has 0 aliphatic rings. The van der Waals surface area contributed by atoms with Crippen molar-refractivity contribution >= 4 is 17.6 Å². The van der Waals surface area contributed by atoms with Crippen LogP contribution in [0.5, 0.6) is 11.5 Å². The number of carbonyl (C=O) groups excluding carboxylic acids is 2. The average molecular weight is 389 g/mol. The van der Waals surface area contributed by atoms with E-state index in [4.69, 9.17) is 9.47 Å². The van der Waals surface area contributed by atoms with E-state index < -0.39 is 17.8 Å². The lowest BCUT2D eigenvalue weighted by Gasteiger charge is -2.15. The molecule has 0 heterocycles. The van der Waals surface area contributed by atoms with Crippen molar-refractivity contribution in [2.24, 2.45) is 0 Å². The number of rotatable bonds is 8. The Hall–Kier alpha value is -3.60. The predicted molar refractivity (Wildman–Crippen MR) is 112 cm³/mol. The Kier molecular flexibility index (Phi) is 7.00. The maximum atomic E-state index is 12.4. The zero-order valence-corrected chi connectivity index (χ0v) is 16.2. The summed E-state index contributed by atoms with van der Waals surface area (Å²) >= 11 is 0. The molecule has 1 N–H and O–H groups in total. The van der Waals surface area contributed by atoms with E-state index in [1.807, 2.05) is 73.7 Å². The summed E-state index contributed by atoms with van der Waals surface area (Å²) in [6, 6.07) is 25.8. The summed E-state index contributed by atoms with van der Waals surface area (Å²) in [7, 11) is 0. The molecule has 0 fully saturated rings. The van der Waals surface area contributed by atoms with Crippen LogP contribution in [0.25, 0.3) is 0 Å². The molecular formula is C24H23NO4. The number of benzene rings is 3. The summed E-state index contributed by atoms with van der Waals surface area (Å²) in [6.45, 7) is 1.55. The SMILES string of the molecule is CC[C@@H](C(=O)OCC(=O)Nc1ccccc1Oc1ccccc1)c1ccccc1. The maximum absolute atomic E-state index is 12.4. The van der Waals surface area contributed by atoms with Gasteiger partial charge in [0.1, 0.15) is 5.75 Å². The van der Waals surface area contributed by atoms with Gasteiger partial charge in [0.25, 0.3) is 5.91 Å². The van der Waals surface area contributed by atoms with Gasteiger partial charge in [0.2, 0.25) is 0 Å². The molecule has 0 unspecified atom stereocenters. The highest BCUT2D eigenvalue weighted by Gasteiger charge is 2.21. The Morgan fingerprint density at radius 1 is 0.862 bits per heavy atom. The van der Waals surface area contributed by atoms with E-state index >= 15 is 0 Å². The number of hydrogen-bond donors (Lipinski definition) is 1. The lowest BCUT2D eigenvalue weighted by atomic mass is 9.97. The molecule has 0 spiro atoms. The van der Waals surface area contributed by atoms with Crippen LogP contribution in [0.2, 0.25) is 0 Å². The fourth-order valence-corrected chi connectivity index (χ4v) is 2.92. The number of carbonyl (C=O) groups is 2. The third kappa shape index (κ3) is 5.69.